The van der Waals surface area contributed by atoms with Crippen molar-refractivity contribution in [1.29, 1.82) is 0 Å². The predicted molar refractivity (Wildman–Crippen MR) is 109 cm³/mol. The molecule has 0 aliphatic heterocycles. The smallest absolute Gasteiger partial charge is 0.291 e. The van der Waals surface area contributed by atoms with Crippen molar-refractivity contribution in [3.8, 4) is 0 Å². The fraction of sp³-hybridized carbons (Fsp3) is 0.368. The summed E-state index contributed by atoms with van der Waals surface area (Å²) in [4.78, 5) is 26.2. The van der Waals surface area contributed by atoms with Crippen LogP contribution in [0.1, 0.15) is 22.8 Å². The Morgan fingerprint density at radius 2 is 2.00 bits per heavy atom. The largest absolute Gasteiger partial charge is 0.354 e. The van der Waals surface area contributed by atoms with Gasteiger partial charge in [-0.1, -0.05) is 0 Å². The number of fused-ring (bicyclic) bond motifs is 3. The fourth-order valence-electron chi connectivity index (χ4n) is 3.37. The molecule has 1 N–H and O–H groups in total. The van der Waals surface area contributed by atoms with E-state index >= 15 is 0 Å². The van der Waals surface area contributed by atoms with Gasteiger partial charge in [0.1, 0.15) is 17.9 Å². The molecule has 4 aromatic heterocycles. The maximum Gasteiger partial charge on any atom is 0.291 e. The summed E-state index contributed by atoms with van der Waals surface area (Å²) in [6, 6.07) is 5.88. The van der Waals surface area contributed by atoms with E-state index < -0.39 is 0 Å². The monoisotopic (exact) mass is 398 g/mol. The van der Waals surface area contributed by atoms with E-state index in [1.807, 2.05) is 48.2 Å². The van der Waals surface area contributed by atoms with Gasteiger partial charge >= 0.3 is 0 Å². The maximum atomic E-state index is 12.8. The molecule has 0 fully saturated rings. The number of aryl methyl sites for hydroxylation is 4. The van der Waals surface area contributed by atoms with E-state index in [0.717, 1.165) is 28.9 Å². The number of carbonyl (C=O) groups is 1. The summed E-state index contributed by atoms with van der Waals surface area (Å²) in [6.07, 6.45) is 2.68. The first kappa shape index (κ1) is 18.4. The number of nitrogens with zero attached hydrogens (tertiary/aromatic N) is 5. The molecule has 8 nitrogen and oxygen atoms in total. The first-order valence-corrected chi connectivity index (χ1v) is 10.00. The minimum absolute atomic E-state index is 0.0884. The van der Waals surface area contributed by atoms with E-state index in [4.69, 9.17) is 0 Å². The molecule has 0 aromatic carbocycles. The molecule has 0 aliphatic rings. The molecular formula is C19H22N6O2S. The molecule has 0 saturated carbocycles. The lowest BCUT2D eigenvalue weighted by Crippen LogP contribution is -2.35. The quantitative estimate of drug-likeness (QED) is 0.504. The molecule has 0 radical (unpaired) electrons. The molecule has 0 atom stereocenters. The van der Waals surface area contributed by atoms with Crippen molar-refractivity contribution in [3.05, 3.63) is 51.1 Å². The molecular weight excluding hydrogens is 376 g/mol. The van der Waals surface area contributed by atoms with Crippen LogP contribution in [0.2, 0.25) is 0 Å². The van der Waals surface area contributed by atoms with Gasteiger partial charge in [-0.25, -0.2) is 4.68 Å². The molecule has 9 heteroatoms. The summed E-state index contributed by atoms with van der Waals surface area (Å²) in [6.45, 7) is 7.00. The Kier molecular flexibility index (Phi) is 4.76. The van der Waals surface area contributed by atoms with Crippen molar-refractivity contribution in [3.63, 3.8) is 0 Å². The summed E-state index contributed by atoms with van der Waals surface area (Å²) in [5, 5.41) is 11.5. The average Bonchev–Trinajstić information content (AvgIpc) is 3.30. The van der Waals surface area contributed by atoms with Crippen molar-refractivity contribution < 1.29 is 4.79 Å². The molecule has 28 heavy (non-hydrogen) atoms. The summed E-state index contributed by atoms with van der Waals surface area (Å²) in [5.74, 6) is 0.462. The van der Waals surface area contributed by atoms with Crippen LogP contribution >= 0.6 is 11.3 Å². The standard InChI is InChI=1S/C19H22N6O2S/c1-12-5-8-23(21-12)7-4-6-20-18(26)11-24-19(27)16-10-17-15(9-13(2)28-17)25(16)14(3)22-24/h5,8-10H,4,6-7,11H2,1-3H3,(H,20,26). The number of nitrogens with one attached hydrogen (secondary N) is 1. The zero-order chi connectivity index (χ0) is 19.8. The first-order chi connectivity index (χ1) is 13.4. The van der Waals surface area contributed by atoms with E-state index in [9.17, 15) is 9.59 Å². The maximum absolute atomic E-state index is 12.8. The fourth-order valence-corrected chi connectivity index (χ4v) is 4.32. The number of amides is 1. The highest BCUT2D eigenvalue weighted by Gasteiger charge is 2.15. The number of hydrogen-bond acceptors (Lipinski definition) is 5. The van der Waals surface area contributed by atoms with Crippen LogP contribution in [0, 0.1) is 20.8 Å². The Bertz CT molecular complexity index is 1230. The highest BCUT2D eigenvalue weighted by Crippen LogP contribution is 2.27. The van der Waals surface area contributed by atoms with E-state index in [0.29, 0.717) is 17.9 Å². The Hall–Kier alpha value is -2.94. The number of thiophene rings is 1. The number of rotatable bonds is 6. The van der Waals surface area contributed by atoms with Crippen molar-refractivity contribution >= 4 is 33.0 Å². The minimum Gasteiger partial charge on any atom is -0.354 e. The van der Waals surface area contributed by atoms with Gasteiger partial charge in [0, 0.05) is 24.2 Å². The third kappa shape index (κ3) is 3.45. The normalized spacial score (nSPS) is 11.5. The summed E-state index contributed by atoms with van der Waals surface area (Å²) >= 11 is 1.65. The lowest BCUT2D eigenvalue weighted by Gasteiger charge is -2.09. The number of carbonyl (C=O) groups excluding carboxylic acids is 1. The van der Waals surface area contributed by atoms with Gasteiger partial charge in [0.15, 0.2) is 0 Å². The van der Waals surface area contributed by atoms with Gasteiger partial charge in [-0.05, 0) is 45.4 Å². The molecule has 4 rings (SSSR count). The van der Waals surface area contributed by atoms with Gasteiger partial charge in [-0.3, -0.25) is 18.7 Å². The van der Waals surface area contributed by atoms with Gasteiger partial charge in [-0.2, -0.15) is 10.2 Å². The van der Waals surface area contributed by atoms with Crippen LogP contribution in [0.5, 0.6) is 0 Å². The molecule has 1 amide bonds. The lowest BCUT2D eigenvalue weighted by atomic mass is 10.4. The predicted octanol–water partition coefficient (Wildman–Crippen LogP) is 2.04. The van der Waals surface area contributed by atoms with Crippen LogP contribution in [0.4, 0.5) is 0 Å². The van der Waals surface area contributed by atoms with Crippen LogP contribution in [-0.4, -0.2) is 36.4 Å². The molecule has 0 bridgehead atoms. The Balaban J connectivity index is 1.44. The van der Waals surface area contributed by atoms with E-state index in [1.165, 1.54) is 9.56 Å². The highest BCUT2D eigenvalue weighted by molar-refractivity contribution is 7.19. The van der Waals surface area contributed by atoms with Gasteiger partial charge in [0.05, 0.1) is 15.9 Å². The molecule has 0 saturated heterocycles. The van der Waals surface area contributed by atoms with Gasteiger partial charge in [-0.15, -0.1) is 11.3 Å². The highest BCUT2D eigenvalue weighted by atomic mass is 32.1. The van der Waals surface area contributed by atoms with Gasteiger partial charge in [0.2, 0.25) is 5.91 Å². The van der Waals surface area contributed by atoms with Gasteiger partial charge < -0.3 is 5.32 Å². The molecule has 4 heterocycles. The lowest BCUT2D eigenvalue weighted by molar-refractivity contribution is -0.121. The van der Waals surface area contributed by atoms with Crippen LogP contribution < -0.4 is 10.9 Å². The average molecular weight is 398 g/mol. The van der Waals surface area contributed by atoms with Crippen LogP contribution in [-0.2, 0) is 17.9 Å². The Labute approximate surface area is 165 Å². The SMILES string of the molecule is Cc1ccn(CCCNC(=O)Cn2nc(C)n3c(cc4sc(C)cc43)c2=O)n1. The minimum atomic E-state index is -0.256. The topological polar surface area (TPSA) is 86.2 Å². The molecule has 0 unspecified atom stereocenters. The molecule has 0 aliphatic carbocycles. The van der Waals surface area contributed by atoms with Crippen LogP contribution in [0.15, 0.2) is 29.2 Å². The number of hydrogen-bond donors (Lipinski definition) is 1. The molecule has 0 spiro atoms. The zero-order valence-electron chi connectivity index (χ0n) is 16.1. The van der Waals surface area contributed by atoms with E-state index in [1.54, 1.807) is 11.3 Å². The second kappa shape index (κ2) is 7.23. The second-order valence-electron chi connectivity index (χ2n) is 6.91. The summed E-state index contributed by atoms with van der Waals surface area (Å²) in [5.41, 5.74) is 2.26. The second-order valence-corrected chi connectivity index (χ2v) is 8.19. The Morgan fingerprint density at radius 3 is 2.75 bits per heavy atom. The Morgan fingerprint density at radius 1 is 1.18 bits per heavy atom. The van der Waals surface area contributed by atoms with Crippen molar-refractivity contribution in [2.75, 3.05) is 6.54 Å². The summed E-state index contributed by atoms with van der Waals surface area (Å²) in [7, 11) is 0. The van der Waals surface area contributed by atoms with Crippen molar-refractivity contribution in [2.45, 2.75) is 40.3 Å². The number of aromatic nitrogens is 5. The van der Waals surface area contributed by atoms with Crippen molar-refractivity contribution in [2.24, 2.45) is 0 Å². The van der Waals surface area contributed by atoms with Crippen LogP contribution in [0.3, 0.4) is 0 Å². The van der Waals surface area contributed by atoms with E-state index in [-0.39, 0.29) is 18.0 Å². The van der Waals surface area contributed by atoms with Crippen molar-refractivity contribution in [1.82, 2.24) is 29.3 Å². The first-order valence-electron chi connectivity index (χ1n) is 9.18. The molecule has 4 aromatic rings. The third-order valence-electron chi connectivity index (χ3n) is 4.61. The van der Waals surface area contributed by atoms with Gasteiger partial charge in [0.25, 0.3) is 5.56 Å². The van der Waals surface area contributed by atoms with E-state index in [2.05, 4.69) is 21.6 Å². The van der Waals surface area contributed by atoms with Crippen LogP contribution in [0.25, 0.3) is 15.7 Å². The third-order valence-corrected chi connectivity index (χ3v) is 5.60. The molecule has 146 valence electrons. The zero-order valence-corrected chi connectivity index (χ0v) is 16.9. The summed E-state index contributed by atoms with van der Waals surface area (Å²) < 4.78 is 6.01.